The van der Waals surface area contributed by atoms with E-state index in [1.54, 1.807) is 6.92 Å². The fourth-order valence-corrected chi connectivity index (χ4v) is 3.77. The van der Waals surface area contributed by atoms with Crippen molar-refractivity contribution in [2.75, 3.05) is 11.9 Å². The Bertz CT molecular complexity index is 1040. The molecule has 0 amide bonds. The molecule has 1 fully saturated rings. The molecule has 2 aromatic rings. The van der Waals surface area contributed by atoms with Crippen molar-refractivity contribution < 1.29 is 26.9 Å². The maximum Gasteiger partial charge on any atom is 0.333 e. The molecule has 0 aliphatic heterocycles. The van der Waals surface area contributed by atoms with Gasteiger partial charge in [0, 0.05) is 17.8 Å². The minimum Gasteiger partial charge on any atom is -0.460 e. The van der Waals surface area contributed by atoms with Gasteiger partial charge in [-0.3, -0.25) is 8.98 Å². The summed E-state index contributed by atoms with van der Waals surface area (Å²) in [5.74, 6) is 0.00358. The van der Waals surface area contributed by atoms with E-state index in [2.05, 4.69) is 26.0 Å². The number of nitrogens with zero attached hydrogens (tertiary/aromatic N) is 2. The number of anilines is 1. The van der Waals surface area contributed by atoms with E-state index in [9.17, 15) is 18.3 Å². The molecule has 1 aliphatic rings. The molecular weight excluding hydrogens is 412 g/mol. The number of nitrogens with one attached hydrogen (secondary N) is 1. The van der Waals surface area contributed by atoms with Gasteiger partial charge < -0.3 is 14.8 Å². The molecule has 3 atom stereocenters. The SMILES string of the molecule is C=C(C)C(O)c1coc(C(=O)c2cncnc2N[C@H]2CC[C@@H](COS(N)(=O)=O)C2)c1. The average Bonchev–Trinajstić information content (AvgIpc) is 3.35. The van der Waals surface area contributed by atoms with Gasteiger partial charge in [0.15, 0.2) is 5.76 Å². The van der Waals surface area contributed by atoms with Gasteiger partial charge >= 0.3 is 10.3 Å². The number of nitrogens with two attached hydrogens (primary N) is 1. The molecule has 4 N–H and O–H groups in total. The Hall–Kier alpha value is -2.60. The first-order valence-electron chi connectivity index (χ1n) is 9.34. The maximum absolute atomic E-state index is 12.9. The zero-order valence-corrected chi connectivity index (χ0v) is 17.3. The van der Waals surface area contributed by atoms with Gasteiger partial charge in [0.2, 0.25) is 5.78 Å². The quantitative estimate of drug-likeness (QED) is 0.393. The Morgan fingerprint density at radius 1 is 1.50 bits per heavy atom. The molecule has 2 aromatic heterocycles. The number of aliphatic hydroxyl groups excluding tert-OH is 1. The number of carbonyl (C=O) groups is 1. The van der Waals surface area contributed by atoms with Crippen LogP contribution in [0, 0.1) is 5.92 Å². The summed E-state index contributed by atoms with van der Waals surface area (Å²) in [6.07, 6.45) is 5.27. The fourth-order valence-electron chi connectivity index (χ4n) is 3.38. The zero-order chi connectivity index (χ0) is 21.9. The Kier molecular flexibility index (Phi) is 6.66. The van der Waals surface area contributed by atoms with Gasteiger partial charge in [0.1, 0.15) is 18.2 Å². The summed E-state index contributed by atoms with van der Waals surface area (Å²) in [7, 11) is -3.97. The summed E-state index contributed by atoms with van der Waals surface area (Å²) >= 11 is 0. The van der Waals surface area contributed by atoms with Crippen LogP contribution in [-0.4, -0.2) is 41.9 Å². The summed E-state index contributed by atoms with van der Waals surface area (Å²) in [5.41, 5.74) is 1.19. The highest BCUT2D eigenvalue weighted by molar-refractivity contribution is 7.84. The molecule has 162 valence electrons. The molecular formula is C19H24N4O6S. The van der Waals surface area contributed by atoms with Crippen LogP contribution in [0.4, 0.5) is 5.82 Å². The van der Waals surface area contributed by atoms with Crippen molar-refractivity contribution in [1.29, 1.82) is 0 Å². The lowest BCUT2D eigenvalue weighted by Gasteiger charge is -2.15. The minimum absolute atomic E-state index is 0.0158. The predicted molar refractivity (Wildman–Crippen MR) is 108 cm³/mol. The molecule has 1 saturated carbocycles. The first-order valence-corrected chi connectivity index (χ1v) is 10.8. The highest BCUT2D eigenvalue weighted by Crippen LogP contribution is 2.30. The molecule has 11 heteroatoms. The molecule has 0 radical (unpaired) electrons. The van der Waals surface area contributed by atoms with Crippen LogP contribution in [-0.2, 0) is 14.5 Å². The third-order valence-corrected chi connectivity index (χ3v) is 5.40. The van der Waals surface area contributed by atoms with E-state index in [1.165, 1.54) is 24.9 Å². The van der Waals surface area contributed by atoms with Crippen molar-refractivity contribution in [3.63, 3.8) is 0 Å². The first kappa shape index (κ1) is 22.1. The number of aromatic nitrogens is 2. The van der Waals surface area contributed by atoms with Crippen molar-refractivity contribution in [1.82, 2.24) is 9.97 Å². The molecule has 10 nitrogen and oxygen atoms in total. The molecule has 0 bridgehead atoms. The average molecular weight is 436 g/mol. The Balaban J connectivity index is 1.69. The largest absolute Gasteiger partial charge is 0.460 e. The minimum atomic E-state index is -3.97. The van der Waals surface area contributed by atoms with Crippen LogP contribution in [0.1, 0.15) is 54.0 Å². The highest BCUT2D eigenvalue weighted by atomic mass is 32.2. The van der Waals surface area contributed by atoms with Crippen LogP contribution < -0.4 is 10.5 Å². The Labute approximate surface area is 174 Å². The lowest BCUT2D eigenvalue weighted by atomic mass is 10.1. The fraction of sp³-hybridized carbons (Fsp3) is 0.421. The van der Waals surface area contributed by atoms with Crippen molar-refractivity contribution >= 4 is 21.9 Å². The molecule has 1 unspecified atom stereocenters. The van der Waals surface area contributed by atoms with Crippen LogP contribution in [0.15, 0.2) is 41.4 Å². The van der Waals surface area contributed by atoms with E-state index in [0.29, 0.717) is 23.4 Å². The van der Waals surface area contributed by atoms with E-state index in [4.69, 9.17) is 9.56 Å². The first-order chi connectivity index (χ1) is 14.1. The standard InChI is InChI=1S/C19H24N4O6S/c1-11(2)17(24)13-6-16(28-9-13)18(25)15-7-21-10-22-19(15)23-14-4-3-12(5-14)8-29-30(20,26)27/h6-7,9-10,12,14,17,24H,1,3-5,8H2,2H3,(H2,20,26,27)(H,21,22,23)/t12-,14+,17?/m1/s1. The van der Waals surface area contributed by atoms with Gasteiger partial charge in [-0.2, -0.15) is 8.42 Å². The lowest BCUT2D eigenvalue weighted by molar-refractivity contribution is 0.101. The monoisotopic (exact) mass is 436 g/mol. The summed E-state index contributed by atoms with van der Waals surface area (Å²) in [6.45, 7) is 5.39. The van der Waals surface area contributed by atoms with Gasteiger partial charge in [-0.25, -0.2) is 15.1 Å². The molecule has 3 rings (SSSR count). The number of hydrogen-bond donors (Lipinski definition) is 3. The second-order valence-electron chi connectivity index (χ2n) is 7.40. The number of furan rings is 1. The predicted octanol–water partition coefficient (Wildman–Crippen LogP) is 1.71. The van der Waals surface area contributed by atoms with Gasteiger partial charge in [0.25, 0.3) is 0 Å². The van der Waals surface area contributed by atoms with Crippen molar-refractivity contribution in [2.24, 2.45) is 11.1 Å². The van der Waals surface area contributed by atoms with Crippen LogP contribution in [0.5, 0.6) is 0 Å². The van der Waals surface area contributed by atoms with E-state index in [1.807, 2.05) is 0 Å². The summed E-state index contributed by atoms with van der Waals surface area (Å²) < 4.78 is 31.9. The lowest BCUT2D eigenvalue weighted by Crippen LogP contribution is -2.22. The topological polar surface area (TPSA) is 158 Å². The molecule has 1 aliphatic carbocycles. The Morgan fingerprint density at radius 2 is 2.27 bits per heavy atom. The number of rotatable bonds is 9. The van der Waals surface area contributed by atoms with E-state index in [-0.39, 0.29) is 29.9 Å². The van der Waals surface area contributed by atoms with Gasteiger partial charge in [-0.05, 0) is 43.7 Å². The van der Waals surface area contributed by atoms with Gasteiger partial charge in [0.05, 0.1) is 18.4 Å². The van der Waals surface area contributed by atoms with Crippen LogP contribution in [0.3, 0.4) is 0 Å². The van der Waals surface area contributed by atoms with Gasteiger partial charge in [-0.1, -0.05) is 6.58 Å². The molecule has 30 heavy (non-hydrogen) atoms. The van der Waals surface area contributed by atoms with Crippen molar-refractivity contribution in [3.05, 3.63) is 53.9 Å². The number of ketones is 1. The van der Waals surface area contributed by atoms with E-state index >= 15 is 0 Å². The summed E-state index contributed by atoms with van der Waals surface area (Å²) in [5, 5.41) is 18.2. The van der Waals surface area contributed by atoms with Gasteiger partial charge in [-0.15, -0.1) is 0 Å². The summed E-state index contributed by atoms with van der Waals surface area (Å²) in [6, 6.07) is 1.45. The third kappa shape index (κ3) is 5.51. The number of carbonyl (C=O) groups excluding carboxylic acids is 1. The smallest absolute Gasteiger partial charge is 0.333 e. The molecule has 2 heterocycles. The number of hydrogen-bond acceptors (Lipinski definition) is 9. The van der Waals surface area contributed by atoms with Crippen LogP contribution in [0.25, 0.3) is 0 Å². The third-order valence-electron chi connectivity index (χ3n) is 4.93. The maximum atomic E-state index is 12.9. The van der Waals surface area contributed by atoms with Crippen molar-refractivity contribution in [2.45, 2.75) is 38.3 Å². The zero-order valence-electron chi connectivity index (χ0n) is 16.4. The highest BCUT2D eigenvalue weighted by Gasteiger charge is 2.28. The normalized spacial score (nSPS) is 20.1. The van der Waals surface area contributed by atoms with Crippen LogP contribution in [0.2, 0.25) is 0 Å². The molecule has 0 aromatic carbocycles. The molecule has 0 saturated heterocycles. The summed E-state index contributed by atoms with van der Waals surface area (Å²) in [4.78, 5) is 21.0. The second-order valence-corrected chi connectivity index (χ2v) is 8.63. The van der Waals surface area contributed by atoms with E-state index in [0.717, 1.165) is 12.8 Å². The van der Waals surface area contributed by atoms with Crippen LogP contribution >= 0.6 is 0 Å². The second kappa shape index (κ2) is 9.04. The van der Waals surface area contributed by atoms with Crippen molar-refractivity contribution in [3.8, 4) is 0 Å². The number of aliphatic hydroxyl groups is 1. The molecule has 0 spiro atoms. The Morgan fingerprint density at radius 3 is 2.97 bits per heavy atom. The van der Waals surface area contributed by atoms with E-state index < -0.39 is 22.2 Å².